The Bertz CT molecular complexity index is 689. The maximum Gasteiger partial charge on any atom is 0.222 e. The largest absolute Gasteiger partial charge is 0.493 e. The molecule has 0 aliphatic heterocycles. The summed E-state index contributed by atoms with van der Waals surface area (Å²) in [7, 11) is 3.26. The summed E-state index contributed by atoms with van der Waals surface area (Å²) in [5.74, 6) is 1.64. The number of thiophene rings is 1. The molecule has 2 N–H and O–H groups in total. The Balaban J connectivity index is 1.99. The van der Waals surface area contributed by atoms with Crippen LogP contribution in [0.5, 0.6) is 11.5 Å². The molecule has 0 radical (unpaired) electrons. The first-order valence-corrected chi connectivity index (χ1v) is 10.3. The van der Waals surface area contributed by atoms with Crippen LogP contribution in [0.25, 0.3) is 0 Å². The average molecular weight is 391 g/mol. The Kier molecular flexibility index (Phi) is 9.15. The number of hydrogen-bond acceptors (Lipinski definition) is 5. The predicted octanol–water partition coefficient (Wildman–Crippen LogP) is 3.86. The number of unbranched alkanes of at least 4 members (excludes halogenated alkanes) is 2. The number of benzene rings is 1. The van der Waals surface area contributed by atoms with E-state index in [4.69, 9.17) is 15.2 Å². The third-order valence-electron chi connectivity index (χ3n) is 4.52. The normalized spacial score (nSPS) is 10.6. The van der Waals surface area contributed by atoms with E-state index in [1.165, 1.54) is 5.56 Å². The van der Waals surface area contributed by atoms with E-state index in [-0.39, 0.29) is 5.91 Å². The molecule has 0 aliphatic carbocycles. The van der Waals surface area contributed by atoms with Crippen molar-refractivity contribution in [2.45, 2.75) is 38.6 Å². The molecular formula is C21H30N2O3S. The fourth-order valence-corrected chi connectivity index (χ4v) is 3.61. The highest BCUT2D eigenvalue weighted by Gasteiger charge is 2.15. The van der Waals surface area contributed by atoms with Crippen LogP contribution in [0.15, 0.2) is 35.0 Å². The monoisotopic (exact) mass is 390 g/mol. The smallest absolute Gasteiger partial charge is 0.222 e. The number of nitrogens with zero attached hydrogens (tertiary/aromatic N) is 1. The van der Waals surface area contributed by atoms with Crippen LogP contribution >= 0.6 is 11.3 Å². The van der Waals surface area contributed by atoms with Gasteiger partial charge in [-0.2, -0.15) is 11.3 Å². The van der Waals surface area contributed by atoms with Gasteiger partial charge in [0.25, 0.3) is 0 Å². The SMILES string of the molecule is COc1ccc(CCN(Cc2ccsc2)C(=O)CCCCCN)cc1OC. The lowest BCUT2D eigenvalue weighted by atomic mass is 10.1. The number of nitrogens with two attached hydrogens (primary N) is 1. The van der Waals surface area contributed by atoms with Gasteiger partial charge in [-0.1, -0.05) is 12.5 Å². The molecule has 6 heteroatoms. The first-order chi connectivity index (χ1) is 13.2. The summed E-state index contributed by atoms with van der Waals surface area (Å²) in [5, 5.41) is 4.15. The molecule has 0 atom stereocenters. The van der Waals surface area contributed by atoms with Crippen LogP contribution in [0.2, 0.25) is 0 Å². The maximum atomic E-state index is 12.7. The van der Waals surface area contributed by atoms with Crippen LogP contribution in [0, 0.1) is 0 Å². The van der Waals surface area contributed by atoms with Gasteiger partial charge in [0.2, 0.25) is 5.91 Å². The molecule has 0 saturated carbocycles. The van der Waals surface area contributed by atoms with E-state index >= 15 is 0 Å². The highest BCUT2D eigenvalue weighted by molar-refractivity contribution is 7.07. The summed E-state index contributed by atoms with van der Waals surface area (Å²) in [6, 6.07) is 7.99. The van der Waals surface area contributed by atoms with E-state index in [1.54, 1.807) is 25.6 Å². The first kappa shape index (κ1) is 21.3. The molecule has 1 aromatic carbocycles. The second-order valence-electron chi connectivity index (χ2n) is 6.49. The molecule has 0 unspecified atom stereocenters. The molecule has 1 heterocycles. The Morgan fingerprint density at radius 3 is 2.56 bits per heavy atom. The van der Waals surface area contributed by atoms with Crippen LogP contribution in [-0.2, 0) is 17.8 Å². The highest BCUT2D eigenvalue weighted by Crippen LogP contribution is 2.27. The van der Waals surface area contributed by atoms with Crippen molar-refractivity contribution in [3.05, 3.63) is 46.2 Å². The lowest BCUT2D eigenvalue weighted by Crippen LogP contribution is -2.32. The van der Waals surface area contributed by atoms with Crippen molar-refractivity contribution in [3.8, 4) is 11.5 Å². The Morgan fingerprint density at radius 2 is 1.89 bits per heavy atom. The molecule has 0 bridgehead atoms. The van der Waals surface area contributed by atoms with Crippen molar-refractivity contribution < 1.29 is 14.3 Å². The van der Waals surface area contributed by atoms with Gasteiger partial charge < -0.3 is 20.1 Å². The summed E-state index contributed by atoms with van der Waals surface area (Å²) < 4.78 is 10.7. The lowest BCUT2D eigenvalue weighted by Gasteiger charge is -2.23. The van der Waals surface area contributed by atoms with E-state index in [0.29, 0.717) is 37.6 Å². The molecule has 5 nitrogen and oxygen atoms in total. The minimum absolute atomic E-state index is 0.207. The number of methoxy groups -OCH3 is 2. The van der Waals surface area contributed by atoms with Crippen LogP contribution < -0.4 is 15.2 Å². The number of hydrogen-bond donors (Lipinski definition) is 1. The van der Waals surface area contributed by atoms with Gasteiger partial charge in [0.15, 0.2) is 11.5 Å². The third-order valence-corrected chi connectivity index (χ3v) is 5.25. The lowest BCUT2D eigenvalue weighted by molar-refractivity contribution is -0.131. The molecule has 148 valence electrons. The number of amides is 1. The average Bonchev–Trinajstić information content (AvgIpc) is 3.21. The van der Waals surface area contributed by atoms with E-state index < -0.39 is 0 Å². The zero-order chi connectivity index (χ0) is 19.5. The minimum atomic E-state index is 0.207. The molecule has 2 rings (SSSR count). The highest BCUT2D eigenvalue weighted by atomic mass is 32.1. The summed E-state index contributed by atoms with van der Waals surface area (Å²) in [4.78, 5) is 14.7. The Labute approximate surface area is 166 Å². The fourth-order valence-electron chi connectivity index (χ4n) is 2.95. The van der Waals surface area contributed by atoms with E-state index in [2.05, 4.69) is 11.4 Å². The van der Waals surface area contributed by atoms with Gasteiger partial charge in [-0.25, -0.2) is 0 Å². The summed E-state index contributed by atoms with van der Waals surface area (Å²) in [5.41, 5.74) is 7.85. The first-order valence-electron chi connectivity index (χ1n) is 9.37. The molecule has 0 spiro atoms. The van der Waals surface area contributed by atoms with Crippen molar-refractivity contribution >= 4 is 17.2 Å². The fraction of sp³-hybridized carbons (Fsp3) is 0.476. The van der Waals surface area contributed by atoms with Crippen molar-refractivity contribution in [2.24, 2.45) is 5.73 Å². The van der Waals surface area contributed by atoms with Crippen molar-refractivity contribution in [2.75, 3.05) is 27.3 Å². The predicted molar refractivity (Wildman–Crippen MR) is 111 cm³/mol. The standard InChI is InChI=1S/C21H30N2O3S/c1-25-19-8-7-17(14-20(19)26-2)9-12-23(15-18-10-13-27-16-18)21(24)6-4-3-5-11-22/h7-8,10,13-14,16H,3-6,9,11-12,15,22H2,1-2H3. The molecule has 27 heavy (non-hydrogen) atoms. The second-order valence-corrected chi connectivity index (χ2v) is 7.27. The topological polar surface area (TPSA) is 64.8 Å². The van der Waals surface area contributed by atoms with Gasteiger partial charge >= 0.3 is 0 Å². The molecule has 2 aromatic rings. The van der Waals surface area contributed by atoms with Crippen LogP contribution in [0.1, 0.15) is 36.8 Å². The van der Waals surface area contributed by atoms with Crippen molar-refractivity contribution in [1.82, 2.24) is 4.90 Å². The molecule has 1 aromatic heterocycles. The van der Waals surface area contributed by atoms with Crippen molar-refractivity contribution in [1.29, 1.82) is 0 Å². The van der Waals surface area contributed by atoms with Crippen LogP contribution in [0.4, 0.5) is 0 Å². The van der Waals surface area contributed by atoms with E-state index in [9.17, 15) is 4.79 Å². The molecule has 0 fully saturated rings. The molecule has 1 amide bonds. The third kappa shape index (κ3) is 6.88. The maximum absolute atomic E-state index is 12.7. The zero-order valence-electron chi connectivity index (χ0n) is 16.3. The summed E-state index contributed by atoms with van der Waals surface area (Å²) in [6.45, 7) is 2.03. The van der Waals surface area contributed by atoms with Gasteiger partial charge in [-0.3, -0.25) is 4.79 Å². The van der Waals surface area contributed by atoms with Gasteiger partial charge in [0, 0.05) is 19.5 Å². The van der Waals surface area contributed by atoms with Gasteiger partial charge in [-0.15, -0.1) is 0 Å². The van der Waals surface area contributed by atoms with E-state index in [0.717, 1.165) is 31.2 Å². The number of carbonyl (C=O) groups is 1. The summed E-state index contributed by atoms with van der Waals surface area (Å²) in [6.07, 6.45) is 4.23. The summed E-state index contributed by atoms with van der Waals surface area (Å²) >= 11 is 1.66. The Morgan fingerprint density at radius 1 is 1.07 bits per heavy atom. The minimum Gasteiger partial charge on any atom is -0.493 e. The Hall–Kier alpha value is -2.05. The molecule has 0 aliphatic rings. The van der Waals surface area contributed by atoms with Crippen LogP contribution in [-0.4, -0.2) is 38.1 Å². The van der Waals surface area contributed by atoms with Gasteiger partial charge in [-0.05, 0) is 65.9 Å². The second kappa shape index (κ2) is 11.6. The zero-order valence-corrected chi connectivity index (χ0v) is 17.1. The number of carbonyl (C=O) groups excluding carboxylic acids is 1. The molecular weight excluding hydrogens is 360 g/mol. The van der Waals surface area contributed by atoms with Gasteiger partial charge in [0.1, 0.15) is 0 Å². The van der Waals surface area contributed by atoms with Crippen LogP contribution in [0.3, 0.4) is 0 Å². The van der Waals surface area contributed by atoms with Crippen molar-refractivity contribution in [3.63, 3.8) is 0 Å². The van der Waals surface area contributed by atoms with E-state index in [1.807, 2.05) is 28.5 Å². The molecule has 0 saturated heterocycles. The number of ether oxygens (including phenoxy) is 2. The van der Waals surface area contributed by atoms with Gasteiger partial charge in [0.05, 0.1) is 14.2 Å². The number of rotatable bonds is 12. The quantitative estimate of drug-likeness (QED) is 0.559.